The lowest BCUT2D eigenvalue weighted by Crippen LogP contribution is -2.07. The second kappa shape index (κ2) is 5.28. The van der Waals surface area contributed by atoms with Crippen molar-refractivity contribution in [3.63, 3.8) is 0 Å². The minimum absolute atomic E-state index is 0.542. The summed E-state index contributed by atoms with van der Waals surface area (Å²) in [6.45, 7) is 0. The average molecular weight is 269 g/mol. The summed E-state index contributed by atoms with van der Waals surface area (Å²) in [7, 11) is 5.43. The van der Waals surface area contributed by atoms with Crippen LogP contribution in [0.3, 0.4) is 0 Å². The van der Waals surface area contributed by atoms with E-state index >= 15 is 0 Å². The molecule has 0 N–H and O–H groups in total. The predicted molar refractivity (Wildman–Crippen MR) is 66.9 cm³/mol. The highest BCUT2D eigenvalue weighted by molar-refractivity contribution is 8.00. The SMILES string of the molecule is COc1ccnc(Sc2nnc(N(C)C)s2)n1. The van der Waals surface area contributed by atoms with Crippen LogP contribution in [-0.2, 0) is 0 Å². The van der Waals surface area contributed by atoms with Gasteiger partial charge in [0.1, 0.15) is 0 Å². The third-order valence-corrected chi connectivity index (χ3v) is 3.80. The summed E-state index contributed by atoms with van der Waals surface area (Å²) in [4.78, 5) is 10.2. The number of hydrogen-bond donors (Lipinski definition) is 0. The Labute approximate surface area is 107 Å². The molecule has 0 saturated carbocycles. The summed E-state index contributed by atoms with van der Waals surface area (Å²) in [5.41, 5.74) is 0. The van der Waals surface area contributed by atoms with Crippen LogP contribution in [0, 0.1) is 0 Å². The highest BCUT2D eigenvalue weighted by atomic mass is 32.2. The van der Waals surface area contributed by atoms with Crippen molar-refractivity contribution in [2.75, 3.05) is 26.1 Å². The second-order valence-corrected chi connectivity index (χ2v) is 5.40. The molecule has 0 spiro atoms. The van der Waals surface area contributed by atoms with Gasteiger partial charge in [0, 0.05) is 26.4 Å². The van der Waals surface area contributed by atoms with Gasteiger partial charge in [-0.1, -0.05) is 11.3 Å². The van der Waals surface area contributed by atoms with Crippen molar-refractivity contribution in [1.29, 1.82) is 0 Å². The molecule has 0 saturated heterocycles. The van der Waals surface area contributed by atoms with Gasteiger partial charge in [0.05, 0.1) is 7.11 Å². The van der Waals surface area contributed by atoms with Crippen LogP contribution in [0.25, 0.3) is 0 Å². The van der Waals surface area contributed by atoms with Crippen molar-refractivity contribution in [2.45, 2.75) is 9.50 Å². The number of ether oxygens (including phenoxy) is 1. The molecule has 2 aromatic heterocycles. The van der Waals surface area contributed by atoms with Gasteiger partial charge in [-0.25, -0.2) is 4.98 Å². The molecule has 0 atom stereocenters. The van der Waals surface area contributed by atoms with Crippen LogP contribution in [0.1, 0.15) is 0 Å². The fraction of sp³-hybridized carbons (Fsp3) is 0.333. The Morgan fingerprint density at radius 2 is 2.18 bits per heavy atom. The molecular formula is C9H11N5OS2. The van der Waals surface area contributed by atoms with Crippen molar-refractivity contribution < 1.29 is 4.74 Å². The predicted octanol–water partition coefficient (Wildman–Crippen LogP) is 1.55. The largest absolute Gasteiger partial charge is 0.481 e. The van der Waals surface area contributed by atoms with Crippen LogP contribution in [0.4, 0.5) is 5.13 Å². The summed E-state index contributed by atoms with van der Waals surface area (Å²) >= 11 is 2.87. The van der Waals surface area contributed by atoms with E-state index in [0.717, 1.165) is 9.47 Å². The van der Waals surface area contributed by atoms with Gasteiger partial charge in [0.15, 0.2) is 9.50 Å². The van der Waals surface area contributed by atoms with Crippen molar-refractivity contribution in [3.05, 3.63) is 12.3 Å². The minimum Gasteiger partial charge on any atom is -0.481 e. The highest BCUT2D eigenvalue weighted by Gasteiger charge is 2.09. The van der Waals surface area contributed by atoms with E-state index in [1.165, 1.54) is 23.1 Å². The molecule has 17 heavy (non-hydrogen) atoms. The quantitative estimate of drug-likeness (QED) is 0.780. The van der Waals surface area contributed by atoms with Gasteiger partial charge < -0.3 is 9.64 Å². The molecule has 0 aliphatic heterocycles. The highest BCUT2D eigenvalue weighted by Crippen LogP contribution is 2.30. The van der Waals surface area contributed by atoms with Crippen LogP contribution in [0.5, 0.6) is 5.88 Å². The lowest BCUT2D eigenvalue weighted by Gasteiger charge is -2.03. The van der Waals surface area contributed by atoms with E-state index in [1.807, 2.05) is 19.0 Å². The molecule has 0 aromatic carbocycles. The lowest BCUT2D eigenvalue weighted by atomic mass is 10.6. The Morgan fingerprint density at radius 3 is 2.82 bits per heavy atom. The maximum absolute atomic E-state index is 5.03. The maximum atomic E-state index is 5.03. The Balaban J connectivity index is 2.13. The number of aromatic nitrogens is 4. The number of hydrogen-bond acceptors (Lipinski definition) is 8. The van der Waals surface area contributed by atoms with Crippen LogP contribution in [0.2, 0.25) is 0 Å². The Kier molecular flexibility index (Phi) is 3.75. The van der Waals surface area contributed by atoms with E-state index < -0.39 is 0 Å². The van der Waals surface area contributed by atoms with Crippen molar-refractivity contribution in [1.82, 2.24) is 20.2 Å². The lowest BCUT2D eigenvalue weighted by molar-refractivity contribution is 0.392. The first-order chi connectivity index (χ1) is 8.19. The van der Waals surface area contributed by atoms with E-state index in [2.05, 4.69) is 20.2 Å². The van der Waals surface area contributed by atoms with E-state index in [1.54, 1.807) is 19.4 Å². The summed E-state index contributed by atoms with van der Waals surface area (Å²) in [6, 6.07) is 1.70. The molecule has 8 heteroatoms. The maximum Gasteiger partial charge on any atom is 0.217 e. The first-order valence-electron chi connectivity index (χ1n) is 4.75. The fourth-order valence-electron chi connectivity index (χ4n) is 0.991. The van der Waals surface area contributed by atoms with E-state index in [-0.39, 0.29) is 0 Å². The van der Waals surface area contributed by atoms with Crippen molar-refractivity contribution in [3.8, 4) is 5.88 Å². The number of nitrogens with zero attached hydrogens (tertiary/aromatic N) is 5. The molecule has 2 aromatic rings. The molecule has 0 aliphatic carbocycles. The molecule has 2 rings (SSSR count). The Bertz CT molecular complexity index is 502. The van der Waals surface area contributed by atoms with Gasteiger partial charge in [-0.2, -0.15) is 4.98 Å². The van der Waals surface area contributed by atoms with Gasteiger partial charge in [0.25, 0.3) is 0 Å². The van der Waals surface area contributed by atoms with Gasteiger partial charge in [0.2, 0.25) is 11.0 Å². The Morgan fingerprint density at radius 1 is 1.35 bits per heavy atom. The first kappa shape index (κ1) is 12.1. The molecule has 0 unspecified atom stereocenters. The fourth-order valence-corrected chi connectivity index (χ4v) is 2.59. The molecular weight excluding hydrogens is 258 g/mol. The first-order valence-corrected chi connectivity index (χ1v) is 6.38. The molecule has 0 radical (unpaired) electrons. The molecule has 0 fully saturated rings. The van der Waals surface area contributed by atoms with E-state index in [0.29, 0.717) is 11.0 Å². The zero-order chi connectivity index (χ0) is 12.3. The van der Waals surface area contributed by atoms with Crippen LogP contribution < -0.4 is 9.64 Å². The van der Waals surface area contributed by atoms with Crippen LogP contribution >= 0.6 is 23.1 Å². The number of anilines is 1. The topological polar surface area (TPSA) is 64.0 Å². The number of methoxy groups -OCH3 is 1. The summed E-state index contributed by atoms with van der Waals surface area (Å²) < 4.78 is 5.84. The van der Waals surface area contributed by atoms with E-state index in [4.69, 9.17) is 4.74 Å². The second-order valence-electron chi connectivity index (χ2n) is 3.23. The summed E-state index contributed by atoms with van der Waals surface area (Å²) in [6.07, 6.45) is 1.65. The van der Waals surface area contributed by atoms with Crippen molar-refractivity contribution in [2.24, 2.45) is 0 Å². The number of rotatable bonds is 4. The molecule has 0 amide bonds. The van der Waals surface area contributed by atoms with Crippen LogP contribution in [-0.4, -0.2) is 41.4 Å². The summed E-state index contributed by atoms with van der Waals surface area (Å²) in [5.74, 6) is 0.542. The van der Waals surface area contributed by atoms with Crippen LogP contribution in [0.15, 0.2) is 21.8 Å². The van der Waals surface area contributed by atoms with Gasteiger partial charge in [-0.05, 0) is 11.8 Å². The molecule has 90 valence electrons. The standard InChI is InChI=1S/C9H11N5OS2/c1-14(2)8-12-13-9(17-8)16-7-10-5-4-6(11-7)15-3/h4-5H,1-3H3. The zero-order valence-electron chi connectivity index (χ0n) is 9.62. The van der Waals surface area contributed by atoms with E-state index in [9.17, 15) is 0 Å². The van der Waals surface area contributed by atoms with Gasteiger partial charge in [-0.3, -0.25) is 0 Å². The molecule has 0 bridgehead atoms. The summed E-state index contributed by atoms with van der Waals surface area (Å²) in [5, 5.41) is 9.56. The molecule has 2 heterocycles. The third-order valence-electron chi connectivity index (χ3n) is 1.77. The van der Waals surface area contributed by atoms with Gasteiger partial charge in [-0.15, -0.1) is 10.2 Å². The van der Waals surface area contributed by atoms with Gasteiger partial charge >= 0.3 is 0 Å². The smallest absolute Gasteiger partial charge is 0.217 e. The normalized spacial score (nSPS) is 10.3. The minimum atomic E-state index is 0.542. The molecule has 6 nitrogen and oxygen atoms in total. The molecule has 0 aliphatic rings. The Hall–Kier alpha value is -1.41. The monoisotopic (exact) mass is 269 g/mol. The zero-order valence-corrected chi connectivity index (χ0v) is 11.2. The third kappa shape index (κ3) is 3.04. The average Bonchev–Trinajstić information content (AvgIpc) is 2.78. The van der Waals surface area contributed by atoms with Crippen molar-refractivity contribution >= 4 is 28.2 Å².